The second kappa shape index (κ2) is 6.23. The third-order valence-corrected chi connectivity index (χ3v) is 3.59. The Morgan fingerprint density at radius 3 is 2.67 bits per heavy atom. The van der Waals surface area contributed by atoms with Gasteiger partial charge in [0.2, 0.25) is 5.91 Å². The molecule has 0 radical (unpaired) electrons. The zero-order chi connectivity index (χ0) is 15.5. The largest absolute Gasteiger partial charge is 0.411 e. The van der Waals surface area contributed by atoms with Crippen molar-refractivity contribution in [3.8, 4) is 0 Å². The van der Waals surface area contributed by atoms with E-state index in [9.17, 15) is 18.0 Å². The van der Waals surface area contributed by atoms with Gasteiger partial charge in [-0.15, -0.1) is 0 Å². The molecule has 1 saturated carbocycles. The number of halogens is 4. The van der Waals surface area contributed by atoms with Crippen LogP contribution in [0.1, 0.15) is 18.4 Å². The second-order valence-electron chi connectivity index (χ2n) is 5.02. The van der Waals surface area contributed by atoms with E-state index in [-0.39, 0.29) is 19.1 Å². The molecule has 1 fully saturated rings. The zero-order valence-corrected chi connectivity index (χ0v) is 11.9. The molecular formula is C14H15ClF3NO2. The van der Waals surface area contributed by atoms with Crippen LogP contribution in [-0.4, -0.2) is 31.8 Å². The molecule has 116 valence electrons. The lowest BCUT2D eigenvalue weighted by atomic mass is 9.95. The highest BCUT2D eigenvalue weighted by atomic mass is 35.5. The smallest absolute Gasteiger partial charge is 0.370 e. The summed E-state index contributed by atoms with van der Waals surface area (Å²) in [6.45, 7) is -1.42. The third kappa shape index (κ3) is 4.35. The van der Waals surface area contributed by atoms with Gasteiger partial charge in [-0.2, -0.15) is 13.2 Å². The molecule has 1 aliphatic rings. The molecule has 2 rings (SSSR count). The van der Waals surface area contributed by atoms with E-state index in [1.54, 1.807) is 18.2 Å². The van der Waals surface area contributed by atoms with Gasteiger partial charge < -0.3 is 10.1 Å². The van der Waals surface area contributed by atoms with Gasteiger partial charge in [-0.25, -0.2) is 0 Å². The molecule has 0 aliphatic heterocycles. The van der Waals surface area contributed by atoms with E-state index in [1.807, 2.05) is 6.07 Å². The summed E-state index contributed by atoms with van der Waals surface area (Å²) in [5, 5.41) is 3.17. The van der Waals surface area contributed by atoms with Crippen molar-refractivity contribution in [1.29, 1.82) is 0 Å². The van der Waals surface area contributed by atoms with E-state index in [1.165, 1.54) is 0 Å². The Morgan fingerprint density at radius 2 is 2.10 bits per heavy atom. The van der Waals surface area contributed by atoms with Gasteiger partial charge in [0.25, 0.3) is 0 Å². The van der Waals surface area contributed by atoms with Gasteiger partial charge in [-0.1, -0.05) is 23.7 Å². The minimum Gasteiger partial charge on any atom is -0.370 e. The van der Waals surface area contributed by atoms with Gasteiger partial charge in [0.1, 0.15) is 6.61 Å². The number of nitrogens with one attached hydrogen (secondary N) is 1. The molecule has 21 heavy (non-hydrogen) atoms. The summed E-state index contributed by atoms with van der Waals surface area (Å²) < 4.78 is 40.1. The molecule has 3 nitrogen and oxygen atoms in total. The van der Waals surface area contributed by atoms with Crippen molar-refractivity contribution in [2.45, 2.75) is 24.4 Å². The highest BCUT2D eigenvalue weighted by Gasteiger charge is 2.51. The maximum Gasteiger partial charge on any atom is 0.411 e. The lowest BCUT2D eigenvalue weighted by Gasteiger charge is -2.16. The molecule has 0 heterocycles. The minimum atomic E-state index is -4.34. The van der Waals surface area contributed by atoms with Crippen molar-refractivity contribution in [1.82, 2.24) is 5.32 Å². The van der Waals surface area contributed by atoms with E-state index < -0.39 is 18.2 Å². The lowest BCUT2D eigenvalue weighted by Crippen LogP contribution is -2.37. The van der Waals surface area contributed by atoms with Crippen molar-refractivity contribution >= 4 is 17.5 Å². The number of amides is 1. The van der Waals surface area contributed by atoms with Crippen LogP contribution in [0.5, 0.6) is 0 Å². The van der Waals surface area contributed by atoms with E-state index in [2.05, 4.69) is 10.1 Å². The number of hydrogen-bond donors (Lipinski definition) is 1. The fraction of sp³-hybridized carbons (Fsp3) is 0.500. The van der Waals surface area contributed by atoms with Crippen LogP contribution in [0, 0.1) is 0 Å². The van der Waals surface area contributed by atoms with Crippen LogP contribution in [0.15, 0.2) is 24.3 Å². The zero-order valence-electron chi connectivity index (χ0n) is 11.2. The number of rotatable bonds is 6. The average Bonchev–Trinajstić information content (AvgIpc) is 3.18. The standard InChI is InChI=1S/C14H15ClF3NO2/c15-11-3-1-2-10(8-11)13(4-5-13)12(20)19-6-7-21-9-14(16,17)18/h1-3,8H,4-7,9H2,(H,19,20). The third-order valence-electron chi connectivity index (χ3n) is 3.36. The molecule has 1 N–H and O–H groups in total. The molecule has 1 aromatic carbocycles. The quantitative estimate of drug-likeness (QED) is 0.818. The van der Waals surface area contributed by atoms with Gasteiger partial charge in [-0.3, -0.25) is 4.79 Å². The van der Waals surface area contributed by atoms with Crippen molar-refractivity contribution < 1.29 is 22.7 Å². The first-order valence-electron chi connectivity index (χ1n) is 6.52. The topological polar surface area (TPSA) is 38.3 Å². The first kappa shape index (κ1) is 16.1. The Labute approximate surface area is 125 Å². The van der Waals surface area contributed by atoms with Crippen LogP contribution in [0.4, 0.5) is 13.2 Å². The average molecular weight is 322 g/mol. The molecule has 1 aliphatic carbocycles. The number of hydrogen-bond acceptors (Lipinski definition) is 2. The summed E-state index contributed by atoms with van der Waals surface area (Å²) in [6.07, 6.45) is -2.92. The fourth-order valence-electron chi connectivity index (χ4n) is 2.15. The number of carbonyl (C=O) groups is 1. The number of ether oxygens (including phenoxy) is 1. The SMILES string of the molecule is O=C(NCCOCC(F)(F)F)C1(c2cccc(Cl)c2)CC1. The summed E-state index contributed by atoms with van der Waals surface area (Å²) in [7, 11) is 0. The van der Waals surface area contributed by atoms with Crippen LogP contribution in [-0.2, 0) is 14.9 Å². The van der Waals surface area contributed by atoms with Gasteiger partial charge in [-0.05, 0) is 30.5 Å². The fourth-order valence-corrected chi connectivity index (χ4v) is 2.34. The molecule has 0 atom stereocenters. The molecule has 0 bridgehead atoms. The van der Waals surface area contributed by atoms with Crippen LogP contribution in [0.3, 0.4) is 0 Å². The Hall–Kier alpha value is -1.27. The molecule has 0 aromatic heterocycles. The Morgan fingerprint density at radius 1 is 1.38 bits per heavy atom. The first-order chi connectivity index (χ1) is 9.83. The van der Waals surface area contributed by atoms with E-state index in [4.69, 9.17) is 11.6 Å². The Balaban J connectivity index is 1.81. The van der Waals surface area contributed by atoms with Crippen molar-refractivity contribution in [2.24, 2.45) is 0 Å². The summed E-state index contributed by atoms with van der Waals surface area (Å²) in [4.78, 5) is 12.2. The molecular weight excluding hydrogens is 307 g/mol. The molecule has 0 spiro atoms. The van der Waals surface area contributed by atoms with E-state index in [0.717, 1.165) is 5.56 Å². The van der Waals surface area contributed by atoms with E-state index >= 15 is 0 Å². The molecule has 1 aromatic rings. The highest BCUT2D eigenvalue weighted by molar-refractivity contribution is 6.30. The lowest BCUT2D eigenvalue weighted by molar-refractivity contribution is -0.173. The predicted octanol–water partition coefficient (Wildman–Crippen LogP) is 3.07. The van der Waals surface area contributed by atoms with Crippen LogP contribution >= 0.6 is 11.6 Å². The number of alkyl halides is 3. The van der Waals surface area contributed by atoms with Gasteiger partial charge in [0, 0.05) is 11.6 Å². The number of benzene rings is 1. The maximum atomic E-state index is 12.2. The summed E-state index contributed by atoms with van der Waals surface area (Å²) >= 11 is 5.91. The van der Waals surface area contributed by atoms with E-state index in [0.29, 0.717) is 17.9 Å². The Bertz CT molecular complexity index is 515. The highest BCUT2D eigenvalue weighted by Crippen LogP contribution is 2.48. The van der Waals surface area contributed by atoms with Crippen LogP contribution < -0.4 is 5.32 Å². The predicted molar refractivity (Wildman–Crippen MR) is 72.2 cm³/mol. The van der Waals surface area contributed by atoms with Crippen molar-refractivity contribution in [3.63, 3.8) is 0 Å². The second-order valence-corrected chi connectivity index (χ2v) is 5.45. The first-order valence-corrected chi connectivity index (χ1v) is 6.90. The van der Waals surface area contributed by atoms with Gasteiger partial charge in [0.15, 0.2) is 0 Å². The summed E-state index contributed by atoms with van der Waals surface area (Å²) in [5.41, 5.74) is 0.248. The Kier molecular flexibility index (Phi) is 4.78. The molecule has 0 unspecified atom stereocenters. The van der Waals surface area contributed by atoms with Crippen LogP contribution in [0.2, 0.25) is 5.02 Å². The van der Waals surface area contributed by atoms with Crippen molar-refractivity contribution in [2.75, 3.05) is 19.8 Å². The minimum absolute atomic E-state index is 0.0528. The maximum absolute atomic E-state index is 12.2. The van der Waals surface area contributed by atoms with Crippen molar-refractivity contribution in [3.05, 3.63) is 34.9 Å². The van der Waals surface area contributed by atoms with Gasteiger partial charge in [0.05, 0.1) is 12.0 Å². The van der Waals surface area contributed by atoms with Gasteiger partial charge >= 0.3 is 6.18 Å². The summed E-state index contributed by atoms with van der Waals surface area (Å²) in [5.74, 6) is -0.194. The monoisotopic (exact) mass is 321 g/mol. The molecule has 1 amide bonds. The number of carbonyl (C=O) groups excluding carboxylic acids is 1. The normalized spacial score (nSPS) is 16.6. The molecule has 0 saturated heterocycles. The molecule has 7 heteroatoms. The summed E-state index contributed by atoms with van der Waals surface area (Å²) in [6, 6.07) is 7.08. The van der Waals surface area contributed by atoms with Crippen LogP contribution in [0.25, 0.3) is 0 Å².